The standard InChI is InChI=1S/C27H37N2.C11H7N2.Au/c1-18(2)22-11-9-12-23(19(3)4)26(22)28-15-16-29(17-28)27-24(20(5)6)13-10-14-25(27)21(7)8;1-2-6-10-8(4-1)9-5-3-7-12-11(9)13-10;/h9-21H,1-8H3;1-7H;/q2*-1;. The molecular formula is C38H44AuN4-2. The van der Waals surface area contributed by atoms with E-state index in [1.165, 1.54) is 39.0 Å². The molecule has 0 atom stereocenters. The summed E-state index contributed by atoms with van der Waals surface area (Å²) in [6.45, 7) is 20.5. The zero-order chi connectivity index (χ0) is 30.0. The summed E-state index contributed by atoms with van der Waals surface area (Å²) >= 11 is 0. The van der Waals surface area contributed by atoms with Crippen LogP contribution in [-0.2, 0) is 22.4 Å². The fourth-order valence-electron chi connectivity index (χ4n) is 5.85. The van der Waals surface area contributed by atoms with Crippen molar-refractivity contribution in [2.24, 2.45) is 0 Å². The smallest absolute Gasteiger partial charge is 0.0195 e. The van der Waals surface area contributed by atoms with Gasteiger partial charge < -0.3 is 19.8 Å². The molecule has 0 spiro atoms. The van der Waals surface area contributed by atoms with Crippen LogP contribution < -0.4 is 14.8 Å². The molecule has 0 bridgehead atoms. The number of fused-ring (bicyclic) bond motifs is 3. The maximum atomic E-state index is 4.40. The van der Waals surface area contributed by atoms with Gasteiger partial charge in [0.15, 0.2) is 0 Å². The molecule has 3 heterocycles. The average Bonchev–Trinajstić information content (AvgIpc) is 3.61. The minimum Gasteiger partial charge on any atom is -0.479 e. The summed E-state index contributed by atoms with van der Waals surface area (Å²) in [6, 6.07) is 25.6. The van der Waals surface area contributed by atoms with Gasteiger partial charge in [0.05, 0.1) is 0 Å². The number of rotatable bonds is 6. The monoisotopic (exact) mass is 753 g/mol. The van der Waals surface area contributed by atoms with E-state index in [0.29, 0.717) is 23.7 Å². The van der Waals surface area contributed by atoms with E-state index in [9.17, 15) is 0 Å². The Bertz CT molecular complexity index is 1520. The number of pyridine rings is 1. The summed E-state index contributed by atoms with van der Waals surface area (Å²) in [6.07, 6.45) is 6.21. The van der Waals surface area contributed by atoms with E-state index in [0.717, 1.165) is 16.6 Å². The molecule has 4 nitrogen and oxygen atoms in total. The van der Waals surface area contributed by atoms with E-state index < -0.39 is 0 Å². The van der Waals surface area contributed by atoms with Crippen molar-refractivity contribution in [3.05, 3.63) is 120 Å². The van der Waals surface area contributed by atoms with E-state index >= 15 is 0 Å². The fourth-order valence-corrected chi connectivity index (χ4v) is 5.85. The zero-order valence-corrected chi connectivity index (χ0v) is 28.8. The molecule has 43 heavy (non-hydrogen) atoms. The second-order valence-corrected chi connectivity index (χ2v) is 12.4. The minimum absolute atomic E-state index is 0. The number of benzene rings is 3. The predicted octanol–water partition coefficient (Wildman–Crippen LogP) is 10.4. The molecule has 0 aliphatic carbocycles. The summed E-state index contributed by atoms with van der Waals surface area (Å²) in [4.78, 5) is 13.3. The van der Waals surface area contributed by atoms with Gasteiger partial charge in [-0.05, 0) is 74.6 Å². The van der Waals surface area contributed by atoms with Crippen LogP contribution in [0.15, 0.2) is 91.4 Å². The van der Waals surface area contributed by atoms with Gasteiger partial charge in [-0.2, -0.15) is 0 Å². The molecule has 3 aromatic carbocycles. The SMILES string of the molecule is CC(C)c1cccc(C(C)C)c1N1C=CN(c2c(C(C)C)cccc2C(C)C)[CH-]1.[Au].c1ccc2c(c1)[n-]c1ncccc12. The van der Waals surface area contributed by atoms with Crippen LogP contribution >= 0.6 is 0 Å². The summed E-state index contributed by atoms with van der Waals surface area (Å²) in [7, 11) is 0. The zero-order valence-electron chi connectivity index (χ0n) is 26.6. The summed E-state index contributed by atoms with van der Waals surface area (Å²) in [5.41, 5.74) is 10.1. The fraction of sp³-hybridized carbons (Fsp3) is 0.316. The first kappa shape index (κ1) is 32.6. The number of hydrogen-bond donors (Lipinski definition) is 0. The largest absolute Gasteiger partial charge is 0.479 e. The van der Waals surface area contributed by atoms with Gasteiger partial charge in [-0.3, -0.25) is 0 Å². The van der Waals surface area contributed by atoms with E-state index in [1.54, 1.807) is 6.20 Å². The molecule has 0 saturated heterocycles. The number of para-hydroxylation sites is 3. The maximum Gasteiger partial charge on any atom is 0.0195 e. The van der Waals surface area contributed by atoms with Gasteiger partial charge in [0.25, 0.3) is 0 Å². The Morgan fingerprint density at radius 3 is 1.47 bits per heavy atom. The molecule has 0 fully saturated rings. The molecule has 6 rings (SSSR count). The summed E-state index contributed by atoms with van der Waals surface area (Å²) in [5, 5.41) is 2.32. The van der Waals surface area contributed by atoms with Crippen LogP contribution in [0.3, 0.4) is 0 Å². The third-order valence-electron chi connectivity index (χ3n) is 8.05. The second kappa shape index (κ2) is 14.0. The van der Waals surface area contributed by atoms with Gasteiger partial charge in [0.2, 0.25) is 0 Å². The van der Waals surface area contributed by atoms with Crippen molar-refractivity contribution in [3.63, 3.8) is 0 Å². The van der Waals surface area contributed by atoms with Crippen molar-refractivity contribution in [2.45, 2.75) is 79.1 Å². The molecular weight excluding hydrogens is 709 g/mol. The Labute approximate surface area is 273 Å². The molecule has 0 saturated carbocycles. The van der Waals surface area contributed by atoms with Gasteiger partial charge in [-0.25, -0.2) is 0 Å². The first-order valence-electron chi connectivity index (χ1n) is 15.3. The molecule has 1 aliphatic rings. The third kappa shape index (κ3) is 6.77. The van der Waals surface area contributed by atoms with Crippen molar-refractivity contribution >= 4 is 33.3 Å². The third-order valence-corrected chi connectivity index (χ3v) is 8.05. The van der Waals surface area contributed by atoms with Crippen LogP contribution in [0.1, 0.15) is 101 Å². The Morgan fingerprint density at radius 2 is 1.00 bits per heavy atom. The van der Waals surface area contributed by atoms with Crippen LogP contribution in [0.5, 0.6) is 0 Å². The quantitative estimate of drug-likeness (QED) is 0.128. The van der Waals surface area contributed by atoms with Crippen molar-refractivity contribution in [1.82, 2.24) is 9.97 Å². The van der Waals surface area contributed by atoms with E-state index in [-0.39, 0.29) is 22.4 Å². The first-order valence-corrected chi connectivity index (χ1v) is 15.3. The van der Waals surface area contributed by atoms with Crippen molar-refractivity contribution in [3.8, 4) is 0 Å². The molecule has 1 radical (unpaired) electrons. The number of aromatic nitrogens is 2. The Balaban J connectivity index is 0.000000250. The molecule has 5 heteroatoms. The molecule has 0 amide bonds. The van der Waals surface area contributed by atoms with Crippen molar-refractivity contribution < 1.29 is 22.4 Å². The second-order valence-electron chi connectivity index (χ2n) is 12.4. The van der Waals surface area contributed by atoms with E-state index in [4.69, 9.17) is 0 Å². The van der Waals surface area contributed by atoms with E-state index in [2.05, 4.69) is 143 Å². The van der Waals surface area contributed by atoms with Crippen LogP contribution in [0.2, 0.25) is 0 Å². The summed E-state index contributed by atoms with van der Waals surface area (Å²) < 4.78 is 0. The Morgan fingerprint density at radius 1 is 0.558 bits per heavy atom. The van der Waals surface area contributed by atoms with Gasteiger partial charge in [0, 0.05) is 33.8 Å². The van der Waals surface area contributed by atoms with E-state index in [1.807, 2.05) is 24.3 Å². The molecule has 0 unspecified atom stereocenters. The predicted molar refractivity (Wildman–Crippen MR) is 180 cm³/mol. The Hall–Kier alpha value is -3.31. The number of hydrogen-bond acceptors (Lipinski definition) is 3. The topological polar surface area (TPSA) is 33.5 Å². The number of nitrogens with zero attached hydrogens (tertiary/aromatic N) is 4. The molecule has 0 N–H and O–H groups in total. The van der Waals surface area contributed by atoms with Crippen LogP contribution in [-0.4, -0.2) is 4.98 Å². The minimum atomic E-state index is 0. The average molecular weight is 754 g/mol. The number of anilines is 2. The molecule has 2 aromatic heterocycles. The van der Waals surface area contributed by atoms with Crippen LogP contribution in [0.25, 0.3) is 21.9 Å². The van der Waals surface area contributed by atoms with Gasteiger partial charge in [0.1, 0.15) is 0 Å². The van der Waals surface area contributed by atoms with Crippen molar-refractivity contribution in [1.29, 1.82) is 0 Å². The molecule has 1 aliphatic heterocycles. The normalized spacial score (nSPS) is 13.0. The van der Waals surface area contributed by atoms with Crippen molar-refractivity contribution in [2.75, 3.05) is 9.80 Å². The van der Waals surface area contributed by atoms with Gasteiger partial charge in [-0.1, -0.05) is 140 Å². The Kier molecular flexibility index (Phi) is 10.6. The van der Waals surface area contributed by atoms with Gasteiger partial charge >= 0.3 is 0 Å². The molecule has 5 aromatic rings. The molecule has 229 valence electrons. The van der Waals surface area contributed by atoms with Crippen LogP contribution in [0.4, 0.5) is 11.4 Å². The first-order chi connectivity index (χ1) is 20.2. The maximum absolute atomic E-state index is 4.40. The summed E-state index contributed by atoms with van der Waals surface area (Å²) in [5.74, 6) is 1.92. The van der Waals surface area contributed by atoms with Crippen LogP contribution in [0, 0.1) is 6.67 Å². The van der Waals surface area contributed by atoms with Gasteiger partial charge in [-0.15, -0.1) is 6.67 Å².